The van der Waals surface area contributed by atoms with Gasteiger partial charge in [0.1, 0.15) is 10.7 Å². The third-order valence-corrected chi connectivity index (χ3v) is 5.41. The number of thiazole rings is 1. The Labute approximate surface area is 155 Å². The van der Waals surface area contributed by atoms with Crippen molar-refractivity contribution in [2.45, 2.75) is 6.92 Å². The van der Waals surface area contributed by atoms with Gasteiger partial charge in [0.2, 0.25) is 5.82 Å². The molecule has 0 aliphatic rings. The fourth-order valence-electron chi connectivity index (χ4n) is 2.24. The van der Waals surface area contributed by atoms with Crippen LogP contribution in [0.1, 0.15) is 16.1 Å². The Morgan fingerprint density at radius 1 is 1.19 bits per heavy atom. The van der Waals surface area contributed by atoms with Gasteiger partial charge >= 0.3 is 0 Å². The molecule has 0 spiro atoms. The summed E-state index contributed by atoms with van der Waals surface area (Å²) in [6.07, 6.45) is 0. The molecule has 0 saturated carbocycles. The number of nitrogens with one attached hydrogen (secondary N) is 1. The van der Waals surface area contributed by atoms with Crippen LogP contribution < -0.4 is 5.32 Å². The zero-order valence-corrected chi connectivity index (χ0v) is 15.0. The van der Waals surface area contributed by atoms with Gasteiger partial charge in [-0.3, -0.25) is 10.1 Å². The molecule has 0 aliphatic heterocycles. The third kappa shape index (κ3) is 3.26. The number of aryl methyl sites for hydroxylation is 1. The maximum Gasteiger partial charge on any atom is 0.270 e. The molecule has 3 aromatic heterocycles. The van der Waals surface area contributed by atoms with E-state index in [9.17, 15) is 9.18 Å². The number of hydrogen-bond acceptors (Lipinski definition) is 7. The summed E-state index contributed by atoms with van der Waals surface area (Å²) < 4.78 is 18.3. The molecule has 130 valence electrons. The lowest BCUT2D eigenvalue weighted by Crippen LogP contribution is -2.11. The molecule has 9 heteroatoms. The van der Waals surface area contributed by atoms with Crippen LogP contribution in [0.5, 0.6) is 0 Å². The highest BCUT2D eigenvalue weighted by Crippen LogP contribution is 2.33. The van der Waals surface area contributed by atoms with Gasteiger partial charge in [0, 0.05) is 5.56 Å². The Hall–Kier alpha value is -2.91. The van der Waals surface area contributed by atoms with Gasteiger partial charge < -0.3 is 4.52 Å². The first-order chi connectivity index (χ1) is 12.6. The van der Waals surface area contributed by atoms with E-state index in [0.717, 1.165) is 4.88 Å². The highest BCUT2D eigenvalue weighted by molar-refractivity contribution is 7.19. The van der Waals surface area contributed by atoms with Gasteiger partial charge in [-0.05, 0) is 42.6 Å². The van der Waals surface area contributed by atoms with E-state index in [4.69, 9.17) is 4.52 Å². The number of carbonyl (C=O) groups excluding carboxylic acids is 1. The average Bonchev–Trinajstić information content (AvgIpc) is 3.35. The Morgan fingerprint density at radius 2 is 2.00 bits per heavy atom. The van der Waals surface area contributed by atoms with E-state index in [-0.39, 0.29) is 5.91 Å². The molecule has 0 aliphatic carbocycles. The van der Waals surface area contributed by atoms with Crippen LogP contribution in [-0.2, 0) is 0 Å². The highest BCUT2D eigenvalue weighted by atomic mass is 32.1. The molecule has 3 heterocycles. The van der Waals surface area contributed by atoms with Crippen molar-refractivity contribution in [2.75, 3.05) is 5.32 Å². The van der Waals surface area contributed by atoms with Gasteiger partial charge in [-0.1, -0.05) is 22.6 Å². The second kappa shape index (κ2) is 6.77. The molecule has 1 aromatic carbocycles. The first-order valence-corrected chi connectivity index (χ1v) is 9.22. The number of aromatic nitrogens is 3. The van der Waals surface area contributed by atoms with Gasteiger partial charge in [-0.2, -0.15) is 4.98 Å². The Balaban J connectivity index is 1.56. The van der Waals surface area contributed by atoms with Crippen LogP contribution in [0.4, 0.5) is 9.52 Å². The molecular weight excluding hydrogens is 375 g/mol. The minimum absolute atomic E-state index is 0.346. The predicted octanol–water partition coefficient (Wildman–Crippen LogP) is 4.62. The van der Waals surface area contributed by atoms with Crippen molar-refractivity contribution in [2.24, 2.45) is 0 Å². The number of rotatable bonds is 4. The molecule has 0 radical (unpaired) electrons. The molecular formula is C17H11FN4O2S2. The Bertz CT molecular complexity index is 1060. The molecule has 6 nitrogen and oxygen atoms in total. The van der Waals surface area contributed by atoms with Gasteiger partial charge in [0.05, 0.1) is 10.6 Å². The normalized spacial score (nSPS) is 10.8. The van der Waals surface area contributed by atoms with Crippen molar-refractivity contribution in [3.8, 4) is 21.5 Å². The predicted molar refractivity (Wildman–Crippen MR) is 97.8 cm³/mol. The third-order valence-electron chi connectivity index (χ3n) is 3.49. The Kier molecular flexibility index (Phi) is 4.31. The number of amides is 1. The summed E-state index contributed by atoms with van der Waals surface area (Å²) in [6.45, 7) is 1.80. The number of halogens is 1. The lowest BCUT2D eigenvalue weighted by atomic mass is 10.2. The summed E-state index contributed by atoms with van der Waals surface area (Å²) in [7, 11) is 0. The van der Waals surface area contributed by atoms with Crippen molar-refractivity contribution in [1.82, 2.24) is 15.1 Å². The van der Waals surface area contributed by atoms with Gasteiger partial charge in [-0.15, -0.1) is 11.3 Å². The molecule has 4 rings (SSSR count). The molecule has 0 atom stereocenters. The van der Waals surface area contributed by atoms with E-state index in [1.165, 1.54) is 46.9 Å². The van der Waals surface area contributed by atoms with Gasteiger partial charge in [0.25, 0.3) is 11.8 Å². The number of thiophene rings is 1. The summed E-state index contributed by atoms with van der Waals surface area (Å²) in [5, 5.41) is 9.03. The van der Waals surface area contributed by atoms with Crippen molar-refractivity contribution in [1.29, 1.82) is 0 Å². The summed E-state index contributed by atoms with van der Waals surface area (Å²) in [6, 6.07) is 9.12. The van der Waals surface area contributed by atoms with Crippen molar-refractivity contribution in [3.05, 3.63) is 58.9 Å². The molecule has 1 N–H and O–H groups in total. The van der Waals surface area contributed by atoms with E-state index in [0.29, 0.717) is 33.0 Å². The van der Waals surface area contributed by atoms with E-state index in [1.807, 2.05) is 17.5 Å². The van der Waals surface area contributed by atoms with Crippen LogP contribution in [0.3, 0.4) is 0 Å². The number of hydrogen-bond donors (Lipinski definition) is 1. The number of nitrogens with zero attached hydrogens (tertiary/aromatic N) is 3. The zero-order valence-electron chi connectivity index (χ0n) is 13.4. The second-order valence-corrected chi connectivity index (χ2v) is 7.24. The van der Waals surface area contributed by atoms with Crippen LogP contribution in [-0.4, -0.2) is 21.0 Å². The maximum atomic E-state index is 13.0. The van der Waals surface area contributed by atoms with E-state index in [2.05, 4.69) is 20.4 Å². The summed E-state index contributed by atoms with van der Waals surface area (Å²) in [5.74, 6) is 0.104. The summed E-state index contributed by atoms with van der Waals surface area (Å²) in [4.78, 5) is 22.5. The van der Waals surface area contributed by atoms with Gasteiger partial charge in [0.15, 0.2) is 5.13 Å². The minimum Gasteiger partial charge on any atom is -0.333 e. The van der Waals surface area contributed by atoms with Crippen LogP contribution in [0.25, 0.3) is 21.5 Å². The highest BCUT2D eigenvalue weighted by Gasteiger charge is 2.19. The topological polar surface area (TPSA) is 80.9 Å². The van der Waals surface area contributed by atoms with Crippen molar-refractivity contribution in [3.63, 3.8) is 0 Å². The molecule has 0 saturated heterocycles. The van der Waals surface area contributed by atoms with E-state index in [1.54, 1.807) is 6.92 Å². The number of benzene rings is 1. The monoisotopic (exact) mass is 386 g/mol. The fraction of sp³-hybridized carbons (Fsp3) is 0.0588. The van der Waals surface area contributed by atoms with Crippen LogP contribution in [0, 0.1) is 12.7 Å². The first-order valence-electron chi connectivity index (χ1n) is 7.52. The smallest absolute Gasteiger partial charge is 0.270 e. The second-order valence-electron chi connectivity index (χ2n) is 5.30. The zero-order chi connectivity index (χ0) is 18.1. The summed E-state index contributed by atoms with van der Waals surface area (Å²) in [5.41, 5.74) is 1.02. The van der Waals surface area contributed by atoms with E-state index >= 15 is 0 Å². The quantitative estimate of drug-likeness (QED) is 0.553. The largest absolute Gasteiger partial charge is 0.333 e. The molecule has 4 aromatic rings. The van der Waals surface area contributed by atoms with E-state index < -0.39 is 5.82 Å². The Morgan fingerprint density at radius 3 is 2.73 bits per heavy atom. The number of anilines is 1. The number of carbonyl (C=O) groups is 1. The molecule has 26 heavy (non-hydrogen) atoms. The van der Waals surface area contributed by atoms with Crippen LogP contribution in [0.2, 0.25) is 0 Å². The molecule has 0 fully saturated rings. The molecule has 0 bridgehead atoms. The lowest BCUT2D eigenvalue weighted by molar-refractivity contribution is 0.102. The first kappa shape index (κ1) is 16.6. The van der Waals surface area contributed by atoms with Crippen molar-refractivity contribution < 1.29 is 13.7 Å². The average molecular weight is 386 g/mol. The minimum atomic E-state index is -0.396. The lowest BCUT2D eigenvalue weighted by Gasteiger charge is -2.00. The standard InChI is InChI=1S/C17H11FN4O2S2/c1-9-13(16-20-14(22-24-16)12-3-2-8-25-12)26-17(19-9)21-15(23)10-4-6-11(18)7-5-10/h2-8H,1H3,(H,19,21,23). The molecule has 0 unspecified atom stereocenters. The van der Waals surface area contributed by atoms with Crippen LogP contribution in [0.15, 0.2) is 46.3 Å². The fourth-order valence-corrected chi connectivity index (χ4v) is 3.77. The van der Waals surface area contributed by atoms with Crippen LogP contribution >= 0.6 is 22.7 Å². The van der Waals surface area contributed by atoms with Gasteiger partial charge in [-0.25, -0.2) is 9.37 Å². The molecule has 1 amide bonds. The van der Waals surface area contributed by atoms with Crippen molar-refractivity contribution >= 4 is 33.7 Å². The SMILES string of the molecule is Cc1nc(NC(=O)c2ccc(F)cc2)sc1-c1nc(-c2cccs2)no1. The maximum absolute atomic E-state index is 13.0. The summed E-state index contributed by atoms with van der Waals surface area (Å²) >= 11 is 2.76.